The number of rotatable bonds is 9. The molecule has 0 radical (unpaired) electrons. The van der Waals surface area contributed by atoms with Crippen molar-refractivity contribution in [2.75, 3.05) is 26.4 Å². The molecule has 0 unspecified atom stereocenters. The fourth-order valence-corrected chi connectivity index (χ4v) is 2.16. The van der Waals surface area contributed by atoms with E-state index >= 15 is 0 Å². The number of hydrogen-bond acceptors (Lipinski definition) is 4. The van der Waals surface area contributed by atoms with E-state index in [9.17, 15) is 4.79 Å². The summed E-state index contributed by atoms with van der Waals surface area (Å²) in [5, 5.41) is 12.3. The van der Waals surface area contributed by atoms with Crippen LogP contribution in [0.4, 0.5) is 0 Å². The monoisotopic (exact) mass is 349 g/mol. The van der Waals surface area contributed by atoms with Gasteiger partial charge in [0.15, 0.2) is 18.1 Å². The van der Waals surface area contributed by atoms with Crippen LogP contribution in [-0.4, -0.2) is 37.4 Å². The summed E-state index contributed by atoms with van der Waals surface area (Å²) in [6.07, 6.45) is 0.721. The third-order valence-electron chi connectivity index (χ3n) is 3.21. The van der Waals surface area contributed by atoms with Crippen molar-refractivity contribution in [3.8, 4) is 11.5 Å². The van der Waals surface area contributed by atoms with Crippen LogP contribution in [0.5, 0.6) is 11.5 Å². The first-order valence-corrected chi connectivity index (χ1v) is 8.03. The molecular formula is C18H20ClNO4. The zero-order valence-electron chi connectivity index (χ0n) is 13.2. The van der Waals surface area contributed by atoms with E-state index in [4.69, 9.17) is 26.2 Å². The Bertz CT molecular complexity index is 646. The maximum Gasteiger partial charge on any atom is 0.257 e. The standard InChI is InChI=1S/C18H20ClNO4/c19-15-7-5-14(6-8-15)9-10-20-18(22)13-24-17-4-2-1-3-16(17)23-12-11-21/h1-8,21H,9-13H2,(H,20,22). The number of carbonyl (C=O) groups excluding carboxylic acids is 1. The molecule has 6 heteroatoms. The first kappa shape index (κ1) is 18.1. The van der Waals surface area contributed by atoms with Gasteiger partial charge in [-0.3, -0.25) is 4.79 Å². The minimum Gasteiger partial charge on any atom is -0.487 e. The van der Waals surface area contributed by atoms with Crippen molar-refractivity contribution in [2.45, 2.75) is 6.42 Å². The van der Waals surface area contributed by atoms with Crippen molar-refractivity contribution in [2.24, 2.45) is 0 Å². The Morgan fingerprint density at radius 1 is 1.04 bits per heavy atom. The second-order valence-electron chi connectivity index (χ2n) is 5.03. The van der Waals surface area contributed by atoms with Gasteiger partial charge in [0.25, 0.3) is 5.91 Å². The predicted molar refractivity (Wildman–Crippen MR) is 92.7 cm³/mol. The highest BCUT2D eigenvalue weighted by atomic mass is 35.5. The van der Waals surface area contributed by atoms with E-state index in [0.717, 1.165) is 12.0 Å². The molecule has 0 fully saturated rings. The molecule has 0 saturated carbocycles. The molecule has 128 valence electrons. The van der Waals surface area contributed by atoms with Crippen molar-refractivity contribution in [1.82, 2.24) is 5.32 Å². The van der Waals surface area contributed by atoms with Gasteiger partial charge >= 0.3 is 0 Å². The van der Waals surface area contributed by atoms with Crippen LogP contribution in [0.1, 0.15) is 5.56 Å². The fourth-order valence-electron chi connectivity index (χ4n) is 2.04. The SMILES string of the molecule is O=C(COc1ccccc1OCCO)NCCc1ccc(Cl)cc1. The number of para-hydroxylation sites is 2. The molecule has 0 aliphatic carbocycles. The molecular weight excluding hydrogens is 330 g/mol. The highest BCUT2D eigenvalue weighted by Gasteiger charge is 2.07. The number of halogens is 1. The van der Waals surface area contributed by atoms with Crippen molar-refractivity contribution in [3.63, 3.8) is 0 Å². The molecule has 0 aromatic heterocycles. The molecule has 2 rings (SSSR count). The Labute approximate surface area is 146 Å². The summed E-state index contributed by atoms with van der Waals surface area (Å²) in [5.41, 5.74) is 1.10. The van der Waals surface area contributed by atoms with Crippen LogP contribution in [0.3, 0.4) is 0 Å². The normalized spacial score (nSPS) is 10.2. The minimum absolute atomic E-state index is 0.0838. The molecule has 0 bridgehead atoms. The lowest BCUT2D eigenvalue weighted by molar-refractivity contribution is -0.123. The molecule has 5 nitrogen and oxygen atoms in total. The zero-order valence-corrected chi connectivity index (χ0v) is 14.0. The molecule has 0 spiro atoms. The maximum atomic E-state index is 11.8. The number of aliphatic hydroxyl groups is 1. The highest BCUT2D eigenvalue weighted by Crippen LogP contribution is 2.26. The smallest absolute Gasteiger partial charge is 0.257 e. The van der Waals surface area contributed by atoms with E-state index in [1.54, 1.807) is 24.3 Å². The zero-order chi connectivity index (χ0) is 17.2. The Hall–Kier alpha value is -2.24. The highest BCUT2D eigenvalue weighted by molar-refractivity contribution is 6.30. The molecule has 0 saturated heterocycles. The maximum absolute atomic E-state index is 11.8. The van der Waals surface area contributed by atoms with E-state index in [1.165, 1.54) is 0 Å². The molecule has 0 atom stereocenters. The number of benzene rings is 2. The molecule has 24 heavy (non-hydrogen) atoms. The molecule has 1 amide bonds. The Kier molecular flexibility index (Phi) is 7.39. The van der Waals surface area contributed by atoms with E-state index < -0.39 is 0 Å². The Balaban J connectivity index is 1.74. The summed E-state index contributed by atoms with van der Waals surface area (Å²) in [5.74, 6) is 0.764. The molecule has 2 N–H and O–H groups in total. The van der Waals surface area contributed by atoms with Gasteiger partial charge < -0.3 is 19.9 Å². The lowest BCUT2D eigenvalue weighted by atomic mass is 10.1. The largest absolute Gasteiger partial charge is 0.487 e. The number of amides is 1. The van der Waals surface area contributed by atoms with Gasteiger partial charge in [-0.05, 0) is 36.2 Å². The van der Waals surface area contributed by atoms with E-state index in [2.05, 4.69) is 5.32 Å². The van der Waals surface area contributed by atoms with Crippen molar-refractivity contribution in [3.05, 3.63) is 59.1 Å². The van der Waals surface area contributed by atoms with Crippen LogP contribution in [-0.2, 0) is 11.2 Å². The predicted octanol–water partition coefficient (Wildman–Crippen LogP) is 2.45. The summed E-state index contributed by atoms with van der Waals surface area (Å²) >= 11 is 5.83. The lowest BCUT2D eigenvalue weighted by Crippen LogP contribution is -2.30. The van der Waals surface area contributed by atoms with Crippen molar-refractivity contribution >= 4 is 17.5 Å². The number of aliphatic hydroxyl groups excluding tert-OH is 1. The molecule has 0 heterocycles. The summed E-state index contributed by atoms with van der Waals surface area (Å²) in [6.45, 7) is 0.514. The van der Waals surface area contributed by atoms with Crippen molar-refractivity contribution < 1.29 is 19.4 Å². The van der Waals surface area contributed by atoms with Gasteiger partial charge in [0.05, 0.1) is 6.61 Å². The Morgan fingerprint density at radius 2 is 1.71 bits per heavy atom. The van der Waals surface area contributed by atoms with Crippen LogP contribution in [0, 0.1) is 0 Å². The van der Waals surface area contributed by atoms with Gasteiger partial charge in [-0.25, -0.2) is 0 Å². The number of carbonyl (C=O) groups is 1. The van der Waals surface area contributed by atoms with E-state index in [1.807, 2.05) is 24.3 Å². The van der Waals surface area contributed by atoms with Crippen LogP contribution in [0.2, 0.25) is 5.02 Å². The first-order chi connectivity index (χ1) is 11.7. The van der Waals surface area contributed by atoms with Gasteiger partial charge in [-0.15, -0.1) is 0 Å². The molecule has 0 aliphatic rings. The third-order valence-corrected chi connectivity index (χ3v) is 3.46. The van der Waals surface area contributed by atoms with Crippen LogP contribution in [0.15, 0.2) is 48.5 Å². The molecule has 0 aliphatic heterocycles. The quantitative estimate of drug-likeness (QED) is 0.729. The van der Waals surface area contributed by atoms with Gasteiger partial charge in [0.1, 0.15) is 6.61 Å². The summed E-state index contributed by atoms with van der Waals surface area (Å²) in [4.78, 5) is 11.8. The van der Waals surface area contributed by atoms with Crippen molar-refractivity contribution in [1.29, 1.82) is 0 Å². The Morgan fingerprint density at radius 3 is 2.38 bits per heavy atom. The van der Waals surface area contributed by atoms with Crippen LogP contribution < -0.4 is 14.8 Å². The third kappa shape index (κ3) is 6.10. The molecule has 2 aromatic rings. The fraction of sp³-hybridized carbons (Fsp3) is 0.278. The minimum atomic E-state index is -0.207. The second kappa shape index (κ2) is 9.80. The summed E-state index contributed by atoms with van der Waals surface area (Å²) in [6, 6.07) is 14.5. The average molecular weight is 350 g/mol. The average Bonchev–Trinajstić information content (AvgIpc) is 2.60. The number of nitrogens with one attached hydrogen (secondary N) is 1. The number of hydrogen-bond donors (Lipinski definition) is 2. The number of ether oxygens (including phenoxy) is 2. The lowest BCUT2D eigenvalue weighted by Gasteiger charge is -2.12. The second-order valence-corrected chi connectivity index (χ2v) is 5.47. The van der Waals surface area contributed by atoms with Gasteiger partial charge in [0.2, 0.25) is 0 Å². The van der Waals surface area contributed by atoms with Crippen LogP contribution in [0.25, 0.3) is 0 Å². The summed E-state index contributed by atoms with van der Waals surface area (Å²) < 4.78 is 10.8. The topological polar surface area (TPSA) is 67.8 Å². The van der Waals surface area contributed by atoms with E-state index in [0.29, 0.717) is 23.1 Å². The van der Waals surface area contributed by atoms with Crippen LogP contribution >= 0.6 is 11.6 Å². The van der Waals surface area contributed by atoms with E-state index in [-0.39, 0.29) is 25.7 Å². The first-order valence-electron chi connectivity index (χ1n) is 7.65. The van der Waals surface area contributed by atoms with Gasteiger partial charge in [0, 0.05) is 11.6 Å². The van der Waals surface area contributed by atoms with Gasteiger partial charge in [-0.1, -0.05) is 35.9 Å². The summed E-state index contributed by atoms with van der Waals surface area (Å²) in [7, 11) is 0. The molecule has 2 aromatic carbocycles. The van der Waals surface area contributed by atoms with Gasteiger partial charge in [-0.2, -0.15) is 0 Å².